The van der Waals surface area contributed by atoms with Gasteiger partial charge in [-0.1, -0.05) is 24.3 Å². The molecule has 0 heterocycles. The first-order valence-corrected chi connectivity index (χ1v) is 7.40. The second-order valence-corrected chi connectivity index (χ2v) is 5.60. The first-order valence-electron chi connectivity index (χ1n) is 7.40. The molecule has 2 aromatic carbocycles. The Labute approximate surface area is 138 Å². The predicted octanol–water partition coefficient (Wildman–Crippen LogP) is 2.41. The second-order valence-electron chi connectivity index (χ2n) is 5.60. The molecule has 0 aliphatic carbocycles. The van der Waals surface area contributed by atoms with Gasteiger partial charge in [-0.25, -0.2) is 8.78 Å². The van der Waals surface area contributed by atoms with Gasteiger partial charge in [0, 0.05) is 6.42 Å². The number of rotatable bonds is 5. The van der Waals surface area contributed by atoms with Crippen LogP contribution in [0, 0.1) is 25.5 Å². The third kappa shape index (κ3) is 3.76. The summed E-state index contributed by atoms with van der Waals surface area (Å²) < 4.78 is 26.9. The number of aryl methyl sites for hydroxylation is 2. The van der Waals surface area contributed by atoms with E-state index in [1.165, 1.54) is 6.07 Å². The zero-order chi connectivity index (χ0) is 17.9. The molecule has 3 N–H and O–H groups in total. The van der Waals surface area contributed by atoms with Crippen molar-refractivity contribution in [2.75, 3.05) is 0 Å². The van der Waals surface area contributed by atoms with Crippen molar-refractivity contribution in [2.45, 2.75) is 26.3 Å². The van der Waals surface area contributed by atoms with E-state index in [1.807, 2.05) is 32.0 Å². The molecule has 0 saturated carbocycles. The number of halogens is 2. The van der Waals surface area contributed by atoms with Gasteiger partial charge < -0.3 is 11.1 Å². The van der Waals surface area contributed by atoms with Crippen LogP contribution in [0.2, 0.25) is 0 Å². The SMILES string of the molecule is Cc1cccc(C)c1C[C@@H](NC(=O)c1cccc(F)c1F)C(N)=O. The lowest BCUT2D eigenvalue weighted by Gasteiger charge is -2.18. The van der Waals surface area contributed by atoms with Crippen molar-refractivity contribution in [3.8, 4) is 0 Å². The highest BCUT2D eigenvalue weighted by Crippen LogP contribution is 2.16. The molecule has 0 aromatic heterocycles. The average molecular weight is 332 g/mol. The first kappa shape index (κ1) is 17.6. The monoisotopic (exact) mass is 332 g/mol. The fourth-order valence-electron chi connectivity index (χ4n) is 2.51. The van der Waals surface area contributed by atoms with Gasteiger partial charge in [-0.3, -0.25) is 9.59 Å². The largest absolute Gasteiger partial charge is 0.368 e. The third-order valence-electron chi connectivity index (χ3n) is 3.90. The van der Waals surface area contributed by atoms with E-state index in [9.17, 15) is 18.4 Å². The Hall–Kier alpha value is -2.76. The molecule has 4 nitrogen and oxygen atoms in total. The van der Waals surface area contributed by atoms with Gasteiger partial charge in [0.2, 0.25) is 5.91 Å². The van der Waals surface area contributed by atoms with Gasteiger partial charge in [0.05, 0.1) is 5.56 Å². The van der Waals surface area contributed by atoms with E-state index in [2.05, 4.69) is 5.32 Å². The zero-order valence-electron chi connectivity index (χ0n) is 13.4. The molecule has 0 spiro atoms. The van der Waals surface area contributed by atoms with E-state index in [0.717, 1.165) is 28.8 Å². The normalized spacial score (nSPS) is 11.8. The highest BCUT2D eigenvalue weighted by molar-refractivity contribution is 5.97. The van der Waals surface area contributed by atoms with Crippen LogP contribution in [0.3, 0.4) is 0 Å². The Kier molecular flexibility index (Phi) is 5.28. The topological polar surface area (TPSA) is 72.2 Å². The molecule has 0 radical (unpaired) electrons. The molecule has 0 bridgehead atoms. The third-order valence-corrected chi connectivity index (χ3v) is 3.90. The van der Waals surface area contributed by atoms with Gasteiger partial charge in [-0.15, -0.1) is 0 Å². The molecule has 0 unspecified atom stereocenters. The molecule has 2 rings (SSSR count). The van der Waals surface area contributed by atoms with E-state index in [1.54, 1.807) is 0 Å². The number of amides is 2. The van der Waals surface area contributed by atoms with Gasteiger partial charge in [0.1, 0.15) is 6.04 Å². The number of benzene rings is 2. The summed E-state index contributed by atoms with van der Waals surface area (Å²) in [5.74, 6) is -4.02. The van der Waals surface area contributed by atoms with Crippen LogP contribution in [0.1, 0.15) is 27.0 Å². The van der Waals surface area contributed by atoms with Gasteiger partial charge >= 0.3 is 0 Å². The lowest BCUT2D eigenvalue weighted by atomic mass is 9.96. The quantitative estimate of drug-likeness (QED) is 0.882. The van der Waals surface area contributed by atoms with Crippen molar-refractivity contribution < 1.29 is 18.4 Å². The molecule has 0 aliphatic heterocycles. The van der Waals surface area contributed by atoms with Gasteiger partial charge in [-0.2, -0.15) is 0 Å². The number of primary amides is 1. The summed E-state index contributed by atoms with van der Waals surface area (Å²) >= 11 is 0. The van der Waals surface area contributed by atoms with Gasteiger partial charge in [0.15, 0.2) is 11.6 Å². The Morgan fingerprint density at radius 3 is 2.25 bits per heavy atom. The summed E-state index contributed by atoms with van der Waals surface area (Å²) in [5.41, 5.74) is 7.67. The maximum Gasteiger partial charge on any atom is 0.255 e. The molecular formula is C18H18F2N2O2. The summed E-state index contributed by atoms with van der Waals surface area (Å²) in [6, 6.07) is 7.90. The number of carbonyl (C=O) groups excluding carboxylic acids is 2. The molecular weight excluding hydrogens is 314 g/mol. The van der Waals surface area contributed by atoms with Crippen LogP contribution in [0.4, 0.5) is 8.78 Å². The zero-order valence-corrected chi connectivity index (χ0v) is 13.4. The summed E-state index contributed by atoms with van der Waals surface area (Å²) in [6.07, 6.45) is 0.177. The summed E-state index contributed by atoms with van der Waals surface area (Å²) in [7, 11) is 0. The number of nitrogens with two attached hydrogens (primary N) is 1. The van der Waals surface area contributed by atoms with Crippen LogP contribution >= 0.6 is 0 Å². The van der Waals surface area contributed by atoms with E-state index >= 15 is 0 Å². The average Bonchev–Trinajstić information content (AvgIpc) is 2.52. The van der Waals surface area contributed by atoms with Crippen molar-refractivity contribution in [1.29, 1.82) is 0 Å². The molecule has 0 saturated heterocycles. The predicted molar refractivity (Wildman–Crippen MR) is 86.4 cm³/mol. The highest BCUT2D eigenvalue weighted by Gasteiger charge is 2.23. The van der Waals surface area contributed by atoms with Crippen LogP contribution in [0.5, 0.6) is 0 Å². The number of hydrogen-bond acceptors (Lipinski definition) is 2. The summed E-state index contributed by atoms with van der Waals surface area (Å²) in [5, 5.41) is 2.38. The maximum absolute atomic E-state index is 13.7. The van der Waals surface area contributed by atoms with Crippen LogP contribution < -0.4 is 11.1 Å². The molecule has 2 aromatic rings. The van der Waals surface area contributed by atoms with Crippen molar-refractivity contribution in [1.82, 2.24) is 5.32 Å². The molecule has 0 aliphatic rings. The fraction of sp³-hybridized carbons (Fsp3) is 0.222. The minimum Gasteiger partial charge on any atom is -0.368 e. The second kappa shape index (κ2) is 7.21. The summed E-state index contributed by atoms with van der Waals surface area (Å²) in [6.45, 7) is 3.77. The lowest BCUT2D eigenvalue weighted by Crippen LogP contribution is -2.46. The van der Waals surface area contributed by atoms with Gasteiger partial charge in [0.25, 0.3) is 5.91 Å². The minimum atomic E-state index is -1.26. The van der Waals surface area contributed by atoms with Gasteiger partial charge in [-0.05, 0) is 42.7 Å². The van der Waals surface area contributed by atoms with E-state index in [0.29, 0.717) is 0 Å². The molecule has 6 heteroatoms. The first-order chi connectivity index (χ1) is 11.3. The van der Waals surface area contributed by atoms with E-state index in [-0.39, 0.29) is 6.42 Å². The van der Waals surface area contributed by atoms with Crippen molar-refractivity contribution in [3.05, 3.63) is 70.3 Å². The lowest BCUT2D eigenvalue weighted by molar-refractivity contribution is -0.119. The number of nitrogens with one attached hydrogen (secondary N) is 1. The molecule has 0 fully saturated rings. The smallest absolute Gasteiger partial charge is 0.255 e. The van der Waals surface area contributed by atoms with E-state index in [4.69, 9.17) is 5.73 Å². The van der Waals surface area contributed by atoms with Crippen LogP contribution in [-0.2, 0) is 11.2 Å². The fourth-order valence-corrected chi connectivity index (χ4v) is 2.51. The number of hydrogen-bond donors (Lipinski definition) is 2. The molecule has 1 atom stereocenters. The van der Waals surface area contributed by atoms with Crippen LogP contribution in [0.15, 0.2) is 36.4 Å². The van der Waals surface area contributed by atoms with Crippen molar-refractivity contribution in [3.63, 3.8) is 0 Å². The molecule has 126 valence electrons. The number of carbonyl (C=O) groups is 2. The Morgan fingerprint density at radius 1 is 1.08 bits per heavy atom. The Morgan fingerprint density at radius 2 is 1.67 bits per heavy atom. The maximum atomic E-state index is 13.7. The van der Waals surface area contributed by atoms with Crippen molar-refractivity contribution >= 4 is 11.8 Å². The van der Waals surface area contributed by atoms with E-state index < -0.39 is 35.1 Å². The molecule has 24 heavy (non-hydrogen) atoms. The minimum absolute atomic E-state index is 0.177. The Balaban J connectivity index is 2.25. The standard InChI is InChI=1S/C18H18F2N2O2/c1-10-5-3-6-11(2)13(10)9-15(17(21)23)22-18(24)12-7-4-8-14(19)16(12)20/h3-8,15H,9H2,1-2H3,(H2,21,23)(H,22,24)/t15-/m1/s1. The molecule has 2 amide bonds. The Bertz CT molecular complexity index is 770. The summed E-state index contributed by atoms with van der Waals surface area (Å²) in [4.78, 5) is 23.9. The van der Waals surface area contributed by atoms with Crippen molar-refractivity contribution in [2.24, 2.45) is 5.73 Å². The highest BCUT2D eigenvalue weighted by atomic mass is 19.2. The van der Waals surface area contributed by atoms with Crippen LogP contribution in [-0.4, -0.2) is 17.9 Å². The van der Waals surface area contributed by atoms with Crippen LogP contribution in [0.25, 0.3) is 0 Å².